The zero-order chi connectivity index (χ0) is 22.1. The molecule has 0 aromatic heterocycles. The van der Waals surface area contributed by atoms with Crippen LogP contribution in [0.2, 0.25) is 0 Å². The van der Waals surface area contributed by atoms with E-state index in [-0.39, 0.29) is 36.4 Å². The van der Waals surface area contributed by atoms with Gasteiger partial charge in [0.25, 0.3) is 5.91 Å². The second-order valence-electron chi connectivity index (χ2n) is 6.18. The van der Waals surface area contributed by atoms with Crippen molar-refractivity contribution in [2.45, 2.75) is 17.7 Å². The van der Waals surface area contributed by atoms with Crippen molar-refractivity contribution in [3.8, 4) is 11.8 Å². The molecule has 0 saturated carbocycles. The van der Waals surface area contributed by atoms with Crippen LogP contribution in [0.4, 0.5) is 5.69 Å². The first kappa shape index (κ1) is 22.9. The van der Waals surface area contributed by atoms with Crippen LogP contribution in [0.3, 0.4) is 0 Å². The fraction of sp³-hybridized carbons (Fsp3) is 0.250. The molecule has 3 N–H and O–H groups in total. The second-order valence-corrected chi connectivity index (χ2v) is 7.94. The minimum atomic E-state index is -3.79. The Balaban J connectivity index is 2.31. The molecule has 0 bridgehead atoms. The van der Waals surface area contributed by atoms with Crippen LogP contribution in [0.1, 0.15) is 23.2 Å². The molecule has 0 fully saturated rings. The maximum Gasteiger partial charge on any atom is 0.258 e. The maximum atomic E-state index is 13.1. The van der Waals surface area contributed by atoms with Gasteiger partial charge in [-0.15, -0.1) is 0 Å². The molecular weight excluding hydrogens is 408 g/mol. The molecular formula is C20H22N4O5S. The summed E-state index contributed by atoms with van der Waals surface area (Å²) in [7, 11) is -2.32. The molecule has 2 aromatic carbocycles. The summed E-state index contributed by atoms with van der Waals surface area (Å²) in [5.41, 5.74) is 5.93. The molecule has 2 rings (SSSR count). The minimum absolute atomic E-state index is 0.00574. The number of hydrogen-bond donors (Lipinski definition) is 2. The molecule has 0 aliphatic rings. The summed E-state index contributed by atoms with van der Waals surface area (Å²) in [5, 5.41) is 8.53. The first-order valence-corrected chi connectivity index (χ1v) is 10.5. The fourth-order valence-electron chi connectivity index (χ4n) is 2.66. The molecule has 0 heterocycles. The number of para-hydroxylation sites is 2. The zero-order valence-electron chi connectivity index (χ0n) is 16.4. The standard InChI is InChI=1S/C20H22N4O5S/c1-29-18-6-3-2-5-17(18)24(14-11-19(22)25)20(26)15-7-9-16(10-8-15)30(27,28)23-13-4-12-21/h2-3,5-10,23H,4,11,13-14H2,1H3,(H2,22,25). The quantitative estimate of drug-likeness (QED) is 0.546. The first-order chi connectivity index (χ1) is 14.3. The molecule has 2 amide bonds. The van der Waals surface area contributed by atoms with Gasteiger partial charge in [0.05, 0.1) is 23.8 Å². The van der Waals surface area contributed by atoms with E-state index < -0.39 is 21.8 Å². The van der Waals surface area contributed by atoms with Gasteiger partial charge in [-0.2, -0.15) is 5.26 Å². The van der Waals surface area contributed by atoms with Gasteiger partial charge in [-0.3, -0.25) is 9.59 Å². The Bertz CT molecular complexity index is 1050. The molecule has 0 spiro atoms. The number of carbonyl (C=O) groups excluding carboxylic acids is 2. The van der Waals surface area contributed by atoms with Crippen LogP contribution in [-0.4, -0.2) is 40.4 Å². The predicted octanol–water partition coefficient (Wildman–Crippen LogP) is 1.41. The summed E-state index contributed by atoms with van der Waals surface area (Å²) in [6, 6.07) is 14.1. The van der Waals surface area contributed by atoms with Gasteiger partial charge in [-0.25, -0.2) is 13.1 Å². The van der Waals surface area contributed by atoms with E-state index in [1.165, 1.54) is 36.3 Å². The number of anilines is 1. The Kier molecular flexibility index (Phi) is 7.91. The monoisotopic (exact) mass is 430 g/mol. The van der Waals surface area contributed by atoms with Gasteiger partial charge in [0, 0.05) is 31.5 Å². The van der Waals surface area contributed by atoms with Crippen LogP contribution in [0.25, 0.3) is 0 Å². The van der Waals surface area contributed by atoms with Crippen molar-refractivity contribution in [1.82, 2.24) is 4.72 Å². The highest BCUT2D eigenvalue weighted by molar-refractivity contribution is 7.89. The van der Waals surface area contributed by atoms with E-state index in [9.17, 15) is 18.0 Å². The summed E-state index contributed by atoms with van der Waals surface area (Å²) in [6.07, 6.45) is -0.0113. The lowest BCUT2D eigenvalue weighted by molar-refractivity contribution is -0.117. The van der Waals surface area contributed by atoms with Gasteiger partial charge < -0.3 is 15.4 Å². The highest BCUT2D eigenvalue weighted by Crippen LogP contribution is 2.29. The number of carbonyl (C=O) groups is 2. The van der Waals surface area contributed by atoms with Crippen molar-refractivity contribution in [1.29, 1.82) is 5.26 Å². The molecule has 0 saturated heterocycles. The minimum Gasteiger partial charge on any atom is -0.495 e. The number of hydrogen-bond acceptors (Lipinski definition) is 6. The van der Waals surface area contributed by atoms with Crippen LogP contribution in [-0.2, 0) is 14.8 Å². The van der Waals surface area contributed by atoms with E-state index in [2.05, 4.69) is 4.72 Å². The summed E-state index contributed by atoms with van der Waals surface area (Å²) in [4.78, 5) is 25.7. The molecule has 0 atom stereocenters. The number of methoxy groups -OCH3 is 1. The fourth-order valence-corrected chi connectivity index (χ4v) is 3.70. The predicted molar refractivity (Wildman–Crippen MR) is 110 cm³/mol. The topological polar surface area (TPSA) is 143 Å². The number of rotatable bonds is 10. The molecule has 158 valence electrons. The number of nitrogens with two attached hydrogens (primary N) is 1. The Morgan fingerprint density at radius 3 is 2.43 bits per heavy atom. The summed E-state index contributed by atoms with van der Waals surface area (Å²) >= 11 is 0. The van der Waals surface area contributed by atoms with Crippen molar-refractivity contribution in [3.05, 3.63) is 54.1 Å². The third-order valence-electron chi connectivity index (χ3n) is 4.14. The molecule has 0 aliphatic carbocycles. The lowest BCUT2D eigenvalue weighted by Gasteiger charge is -2.24. The Morgan fingerprint density at radius 1 is 1.17 bits per heavy atom. The number of sulfonamides is 1. The van der Waals surface area contributed by atoms with Gasteiger partial charge in [0.1, 0.15) is 5.75 Å². The van der Waals surface area contributed by atoms with Gasteiger partial charge in [0.15, 0.2) is 0 Å². The highest BCUT2D eigenvalue weighted by Gasteiger charge is 2.22. The summed E-state index contributed by atoms with van der Waals surface area (Å²) < 4.78 is 32.1. The van der Waals surface area contributed by atoms with Crippen LogP contribution < -0.4 is 20.1 Å². The molecule has 0 unspecified atom stereocenters. The Labute approximate surface area is 175 Å². The SMILES string of the molecule is COc1ccccc1N(CCC(N)=O)C(=O)c1ccc(S(=O)(=O)NCCC#N)cc1. The third kappa shape index (κ3) is 5.79. The number of nitrogens with zero attached hydrogens (tertiary/aromatic N) is 2. The van der Waals surface area contributed by atoms with E-state index >= 15 is 0 Å². The largest absolute Gasteiger partial charge is 0.495 e. The highest BCUT2D eigenvalue weighted by atomic mass is 32.2. The first-order valence-electron chi connectivity index (χ1n) is 9.00. The van der Waals surface area contributed by atoms with Gasteiger partial charge in [-0.05, 0) is 36.4 Å². The number of primary amides is 1. The molecule has 2 aromatic rings. The van der Waals surface area contributed by atoms with E-state index in [0.717, 1.165) is 0 Å². The lowest BCUT2D eigenvalue weighted by Crippen LogP contribution is -2.34. The van der Waals surface area contributed by atoms with Gasteiger partial charge in [0.2, 0.25) is 15.9 Å². The lowest BCUT2D eigenvalue weighted by atomic mass is 10.1. The second kappa shape index (κ2) is 10.4. The maximum absolute atomic E-state index is 13.1. The van der Waals surface area contributed by atoms with Crippen LogP contribution in [0, 0.1) is 11.3 Å². The average Bonchev–Trinajstić information content (AvgIpc) is 2.74. The Morgan fingerprint density at radius 2 is 1.83 bits per heavy atom. The van der Waals surface area contributed by atoms with Gasteiger partial charge in [-0.1, -0.05) is 12.1 Å². The van der Waals surface area contributed by atoms with Crippen molar-refractivity contribution < 1.29 is 22.7 Å². The number of amides is 2. The van der Waals surface area contributed by atoms with Crippen LogP contribution in [0.15, 0.2) is 53.4 Å². The molecule has 10 heteroatoms. The third-order valence-corrected chi connectivity index (χ3v) is 5.62. The van der Waals surface area contributed by atoms with Crippen molar-refractivity contribution >= 4 is 27.5 Å². The van der Waals surface area contributed by atoms with E-state index in [0.29, 0.717) is 11.4 Å². The van der Waals surface area contributed by atoms with Crippen LogP contribution >= 0.6 is 0 Å². The smallest absolute Gasteiger partial charge is 0.258 e. The average molecular weight is 430 g/mol. The number of nitrogens with one attached hydrogen (secondary N) is 1. The van der Waals surface area contributed by atoms with E-state index in [1.807, 2.05) is 6.07 Å². The van der Waals surface area contributed by atoms with Crippen molar-refractivity contribution in [3.63, 3.8) is 0 Å². The van der Waals surface area contributed by atoms with Crippen LogP contribution in [0.5, 0.6) is 5.75 Å². The van der Waals surface area contributed by atoms with Crippen molar-refractivity contribution in [2.24, 2.45) is 5.73 Å². The van der Waals surface area contributed by atoms with Gasteiger partial charge >= 0.3 is 0 Å². The summed E-state index contributed by atoms with van der Waals surface area (Å²) in [5.74, 6) is -0.564. The number of nitriles is 1. The molecule has 30 heavy (non-hydrogen) atoms. The number of ether oxygens (including phenoxy) is 1. The van der Waals surface area contributed by atoms with E-state index in [1.54, 1.807) is 24.3 Å². The van der Waals surface area contributed by atoms with Crippen molar-refractivity contribution in [2.75, 3.05) is 25.1 Å². The number of benzene rings is 2. The Hall–Kier alpha value is -3.42. The molecule has 0 radical (unpaired) electrons. The molecule has 9 nitrogen and oxygen atoms in total. The zero-order valence-corrected chi connectivity index (χ0v) is 17.2. The summed E-state index contributed by atoms with van der Waals surface area (Å²) in [6.45, 7) is 0.0263. The normalized spacial score (nSPS) is 10.8. The van der Waals surface area contributed by atoms with E-state index in [4.69, 9.17) is 15.7 Å². The molecule has 0 aliphatic heterocycles.